The maximum Gasteiger partial charge on any atom is 0.429 e. The van der Waals surface area contributed by atoms with E-state index in [1.807, 2.05) is 0 Å². The molecule has 0 aliphatic rings. The van der Waals surface area contributed by atoms with Gasteiger partial charge in [0.1, 0.15) is 0 Å². The lowest BCUT2D eigenvalue weighted by Crippen LogP contribution is -2.26. The Morgan fingerprint density at radius 1 is 1.04 bits per heavy atom. The molecule has 0 amide bonds. The Labute approximate surface area is 153 Å². The highest BCUT2D eigenvalue weighted by molar-refractivity contribution is 5.52. The van der Waals surface area contributed by atoms with Crippen LogP contribution >= 0.6 is 0 Å². The summed E-state index contributed by atoms with van der Waals surface area (Å²) in [5.74, 6) is -0.733. The van der Waals surface area contributed by atoms with E-state index in [0.29, 0.717) is 0 Å². The summed E-state index contributed by atoms with van der Waals surface area (Å²) >= 11 is 0. The third-order valence-electron chi connectivity index (χ3n) is 3.16. The van der Waals surface area contributed by atoms with E-state index in [9.17, 15) is 22.0 Å². The fourth-order valence-corrected chi connectivity index (χ4v) is 2.10. The van der Waals surface area contributed by atoms with Gasteiger partial charge in [-0.15, -0.1) is 0 Å². The molecule has 0 radical (unpaired) electrons. The largest absolute Gasteiger partial charge is 0.458 e. The summed E-state index contributed by atoms with van der Waals surface area (Å²) in [5.41, 5.74) is -0.212. The fourth-order valence-electron chi connectivity index (χ4n) is 2.10. The lowest BCUT2D eigenvalue weighted by Gasteiger charge is -2.21. The Kier molecular flexibility index (Phi) is 5.52. The average molecular weight is 402 g/mol. The lowest BCUT2D eigenvalue weighted by molar-refractivity contribution is -0.198. The average Bonchev–Trinajstić information content (AvgIpc) is 3.06. The first-order chi connectivity index (χ1) is 13.3. The Hall–Kier alpha value is -3.51. The number of aromatic nitrogens is 5. The van der Waals surface area contributed by atoms with Gasteiger partial charge >= 0.3 is 12.8 Å². The normalized spacial score (nSPS) is 12.6. The number of pyridine rings is 1. The van der Waals surface area contributed by atoms with Crippen LogP contribution < -0.4 is 14.8 Å². The molecule has 28 heavy (non-hydrogen) atoms. The molecule has 3 aromatic rings. The molecular weight excluding hydrogens is 391 g/mol. The van der Waals surface area contributed by atoms with Crippen LogP contribution in [0.2, 0.25) is 0 Å². The highest BCUT2D eigenvalue weighted by atomic mass is 19.4. The zero-order valence-electron chi connectivity index (χ0n) is 13.7. The Morgan fingerprint density at radius 2 is 1.86 bits per heavy atom. The minimum Gasteiger partial charge on any atom is -0.458 e. The SMILES string of the molecule is FC(F)Oc1cc(Nc2cncc(O[C@@H](c3cccnc3)C(F)(F)F)n2)n[nH]1. The van der Waals surface area contributed by atoms with Crippen molar-refractivity contribution in [2.24, 2.45) is 0 Å². The molecule has 0 aliphatic carbocycles. The first-order valence-electron chi connectivity index (χ1n) is 7.54. The van der Waals surface area contributed by atoms with Crippen LogP contribution in [0.25, 0.3) is 0 Å². The molecule has 2 N–H and O–H groups in total. The van der Waals surface area contributed by atoms with Crippen molar-refractivity contribution in [2.45, 2.75) is 18.9 Å². The third-order valence-corrected chi connectivity index (χ3v) is 3.16. The Morgan fingerprint density at radius 3 is 2.54 bits per heavy atom. The van der Waals surface area contributed by atoms with Crippen molar-refractivity contribution in [3.8, 4) is 11.8 Å². The predicted molar refractivity (Wildman–Crippen MR) is 84.2 cm³/mol. The van der Waals surface area contributed by atoms with Gasteiger partial charge in [0.2, 0.25) is 17.9 Å². The number of alkyl halides is 5. The summed E-state index contributed by atoms with van der Waals surface area (Å²) in [5, 5.41) is 8.42. The van der Waals surface area contributed by atoms with Gasteiger partial charge in [-0.3, -0.25) is 9.97 Å². The van der Waals surface area contributed by atoms with E-state index in [0.717, 1.165) is 18.5 Å². The second kappa shape index (κ2) is 8.02. The molecule has 3 rings (SSSR count). The zero-order chi connectivity index (χ0) is 20.1. The van der Waals surface area contributed by atoms with Gasteiger partial charge in [-0.25, -0.2) is 5.10 Å². The number of anilines is 2. The molecule has 0 spiro atoms. The maximum absolute atomic E-state index is 13.3. The highest BCUT2D eigenvalue weighted by Crippen LogP contribution is 2.36. The van der Waals surface area contributed by atoms with Crippen molar-refractivity contribution in [3.63, 3.8) is 0 Å². The fraction of sp³-hybridized carbons (Fsp3) is 0.200. The molecule has 1 atom stereocenters. The van der Waals surface area contributed by atoms with Crippen LogP contribution in [0, 0.1) is 0 Å². The molecule has 0 fully saturated rings. The number of H-pyrrole nitrogens is 1. The van der Waals surface area contributed by atoms with Gasteiger partial charge in [-0.2, -0.15) is 32.0 Å². The van der Waals surface area contributed by atoms with Crippen molar-refractivity contribution in [1.82, 2.24) is 25.1 Å². The van der Waals surface area contributed by atoms with Crippen molar-refractivity contribution in [1.29, 1.82) is 0 Å². The lowest BCUT2D eigenvalue weighted by atomic mass is 10.1. The van der Waals surface area contributed by atoms with Gasteiger partial charge < -0.3 is 14.8 Å². The van der Waals surface area contributed by atoms with Crippen LogP contribution in [0.1, 0.15) is 11.7 Å². The first-order valence-corrected chi connectivity index (χ1v) is 7.54. The molecule has 3 aromatic heterocycles. The monoisotopic (exact) mass is 402 g/mol. The van der Waals surface area contributed by atoms with Crippen LogP contribution in [0.3, 0.4) is 0 Å². The highest BCUT2D eigenvalue weighted by Gasteiger charge is 2.43. The number of nitrogens with one attached hydrogen (secondary N) is 2. The number of nitrogens with zero attached hydrogens (tertiary/aromatic N) is 4. The predicted octanol–water partition coefficient (Wildman–Crippen LogP) is 3.62. The molecule has 0 saturated heterocycles. The van der Waals surface area contributed by atoms with E-state index < -0.39 is 24.8 Å². The van der Waals surface area contributed by atoms with Gasteiger partial charge in [0.25, 0.3) is 0 Å². The second-order valence-electron chi connectivity index (χ2n) is 5.19. The van der Waals surface area contributed by atoms with Crippen molar-refractivity contribution in [3.05, 3.63) is 48.5 Å². The summed E-state index contributed by atoms with van der Waals surface area (Å²) < 4.78 is 73.4. The quantitative estimate of drug-likeness (QED) is 0.583. The van der Waals surface area contributed by atoms with Gasteiger partial charge in [0.05, 0.1) is 12.4 Å². The molecule has 148 valence electrons. The standard InChI is InChI=1S/C15H11F5N6O2/c16-14(17)28-11-4-9(25-26-11)23-10-6-22-7-12(24-10)27-13(15(18,19)20)8-2-1-3-21-5-8/h1-7,13-14H,(H2,23,24,25,26)/t13-/m0/s1. The van der Waals surface area contributed by atoms with Crippen LogP contribution in [0.15, 0.2) is 43.0 Å². The number of ether oxygens (including phenoxy) is 2. The smallest absolute Gasteiger partial charge is 0.429 e. The van der Waals surface area contributed by atoms with E-state index in [4.69, 9.17) is 4.74 Å². The third kappa shape index (κ3) is 5.02. The van der Waals surface area contributed by atoms with Crippen molar-refractivity contribution in [2.75, 3.05) is 5.32 Å². The van der Waals surface area contributed by atoms with Crippen molar-refractivity contribution < 1.29 is 31.4 Å². The van der Waals surface area contributed by atoms with Gasteiger partial charge in [-0.05, 0) is 6.07 Å². The zero-order valence-corrected chi connectivity index (χ0v) is 13.7. The molecule has 13 heteroatoms. The Balaban J connectivity index is 1.76. The number of aromatic amines is 1. The van der Waals surface area contributed by atoms with Gasteiger partial charge in [0, 0.05) is 24.0 Å². The van der Waals surface area contributed by atoms with Crippen LogP contribution in [0.4, 0.5) is 33.6 Å². The molecule has 0 aromatic carbocycles. The van der Waals surface area contributed by atoms with Crippen LogP contribution in [0.5, 0.6) is 11.8 Å². The van der Waals surface area contributed by atoms with Gasteiger partial charge in [-0.1, -0.05) is 6.07 Å². The van der Waals surface area contributed by atoms with E-state index in [2.05, 4.69) is 35.2 Å². The van der Waals surface area contributed by atoms with Gasteiger partial charge in [0.15, 0.2) is 11.6 Å². The summed E-state index contributed by atoms with van der Waals surface area (Å²) in [4.78, 5) is 11.3. The second-order valence-corrected chi connectivity index (χ2v) is 5.19. The molecule has 0 bridgehead atoms. The summed E-state index contributed by atoms with van der Waals surface area (Å²) in [6, 6.07) is 3.67. The summed E-state index contributed by atoms with van der Waals surface area (Å²) in [7, 11) is 0. The molecule has 3 heterocycles. The van der Waals surface area contributed by atoms with E-state index in [1.165, 1.54) is 24.5 Å². The Bertz CT molecular complexity index is 905. The maximum atomic E-state index is 13.3. The summed E-state index contributed by atoms with van der Waals surface area (Å²) in [6.45, 7) is -3.04. The minimum absolute atomic E-state index is 0.0280. The number of hydrogen-bond acceptors (Lipinski definition) is 7. The molecule has 0 saturated carbocycles. The molecule has 0 aliphatic heterocycles. The van der Waals surface area contributed by atoms with E-state index in [1.54, 1.807) is 0 Å². The van der Waals surface area contributed by atoms with E-state index >= 15 is 0 Å². The van der Waals surface area contributed by atoms with Crippen molar-refractivity contribution >= 4 is 11.6 Å². The van der Waals surface area contributed by atoms with Crippen LogP contribution in [-0.4, -0.2) is 37.9 Å². The van der Waals surface area contributed by atoms with E-state index in [-0.39, 0.29) is 23.1 Å². The molecule has 8 nitrogen and oxygen atoms in total. The summed E-state index contributed by atoms with van der Waals surface area (Å²) in [6.07, 6.45) is -2.49. The molecule has 0 unspecified atom stereocenters. The minimum atomic E-state index is -4.72. The number of rotatable bonds is 7. The number of halogens is 5. The first kappa shape index (κ1) is 19.3. The van der Waals surface area contributed by atoms with Crippen LogP contribution in [-0.2, 0) is 0 Å². The molecular formula is C15H11F5N6O2. The number of hydrogen-bond donors (Lipinski definition) is 2. The topological polar surface area (TPSA) is 97.8 Å².